The molecule has 2 aliphatic heterocycles. The molecule has 2 aliphatic rings. The molecule has 0 saturated carbocycles. The number of alkyl halides is 1. The van der Waals surface area contributed by atoms with Crippen LogP contribution in [0.2, 0.25) is 0 Å². The van der Waals surface area contributed by atoms with Crippen LogP contribution >= 0.6 is 11.6 Å². The van der Waals surface area contributed by atoms with E-state index < -0.39 is 11.9 Å². The molecule has 0 amide bonds. The smallest absolute Gasteiger partial charge is 0.163 e. The van der Waals surface area contributed by atoms with Gasteiger partial charge in [0.15, 0.2) is 5.79 Å². The van der Waals surface area contributed by atoms with Crippen molar-refractivity contribution < 1.29 is 19.7 Å². The van der Waals surface area contributed by atoms with Gasteiger partial charge in [0.2, 0.25) is 0 Å². The van der Waals surface area contributed by atoms with Crippen LogP contribution in [0.25, 0.3) is 0 Å². The fourth-order valence-electron chi connectivity index (χ4n) is 4.12. The van der Waals surface area contributed by atoms with Crippen LogP contribution in [-0.2, 0) is 9.47 Å². The lowest BCUT2D eigenvalue weighted by Crippen LogP contribution is -2.48. The fraction of sp³-hybridized carbons (Fsp3) is 0.684. The molecule has 2 heterocycles. The van der Waals surface area contributed by atoms with Crippen LogP contribution in [0.4, 0.5) is 0 Å². The Hall–Kier alpha value is -0.690. The minimum absolute atomic E-state index is 0.0222. The number of halogens is 1. The predicted octanol–water partition coefficient (Wildman–Crippen LogP) is 2.30. The lowest BCUT2D eigenvalue weighted by molar-refractivity contribution is -0.171. The second-order valence-corrected chi connectivity index (χ2v) is 7.71. The van der Waals surface area contributed by atoms with E-state index >= 15 is 0 Å². The minimum Gasteiger partial charge on any atom is -0.394 e. The maximum absolute atomic E-state index is 10.8. The van der Waals surface area contributed by atoms with Gasteiger partial charge in [0.25, 0.3) is 0 Å². The van der Waals surface area contributed by atoms with E-state index in [1.54, 1.807) is 0 Å². The second kappa shape index (κ2) is 7.91. The van der Waals surface area contributed by atoms with Crippen molar-refractivity contribution in [3.8, 4) is 0 Å². The normalized spacial score (nSPS) is 31.0. The molecule has 0 aliphatic carbocycles. The van der Waals surface area contributed by atoms with E-state index in [9.17, 15) is 10.2 Å². The van der Waals surface area contributed by atoms with Crippen molar-refractivity contribution in [2.75, 3.05) is 19.0 Å². The highest BCUT2D eigenvalue weighted by molar-refractivity contribution is 6.17. The molecule has 0 bridgehead atoms. The standard InChI is InChI=1S/C19H28ClNO4/c1-19(2)24-16-11-21(14(12-22)13-7-4-3-5-8-13)17(18(16)25-19)15(23)9-6-10-20/h3-5,7-8,14-18,22-23H,6,9-12H2,1-2H3/t14-,15+,16+,17-,18+/m0/s1. The van der Waals surface area contributed by atoms with Crippen molar-refractivity contribution in [2.24, 2.45) is 0 Å². The number of aliphatic hydroxyl groups is 2. The zero-order chi connectivity index (χ0) is 18.0. The van der Waals surface area contributed by atoms with Crippen LogP contribution in [0.5, 0.6) is 0 Å². The first-order valence-corrected chi connectivity index (χ1v) is 9.51. The highest BCUT2D eigenvalue weighted by Gasteiger charge is 2.55. The predicted molar refractivity (Wildman–Crippen MR) is 96.5 cm³/mol. The third-order valence-corrected chi connectivity index (χ3v) is 5.38. The van der Waals surface area contributed by atoms with Gasteiger partial charge in [0.1, 0.15) is 12.2 Å². The quantitative estimate of drug-likeness (QED) is 0.722. The van der Waals surface area contributed by atoms with Gasteiger partial charge in [0.05, 0.1) is 24.8 Å². The topological polar surface area (TPSA) is 62.2 Å². The van der Waals surface area contributed by atoms with E-state index in [1.807, 2.05) is 44.2 Å². The number of fused-ring (bicyclic) bond motifs is 1. The molecule has 140 valence electrons. The molecule has 5 nitrogen and oxygen atoms in total. The summed E-state index contributed by atoms with van der Waals surface area (Å²) in [4.78, 5) is 2.14. The summed E-state index contributed by atoms with van der Waals surface area (Å²) < 4.78 is 12.1. The number of likely N-dealkylation sites (tertiary alicyclic amines) is 1. The number of aliphatic hydroxyl groups excluding tert-OH is 2. The Bertz CT molecular complexity index is 556. The summed E-state index contributed by atoms with van der Waals surface area (Å²) in [6.45, 7) is 4.40. The molecule has 2 fully saturated rings. The second-order valence-electron chi connectivity index (χ2n) is 7.33. The summed E-state index contributed by atoms with van der Waals surface area (Å²) in [7, 11) is 0. The molecular weight excluding hydrogens is 342 g/mol. The SMILES string of the molecule is CC1(C)O[C@H]2[C@H]([C@H](O)CCCCl)N([C@@H](CO)c3ccccc3)C[C@H]2O1. The van der Waals surface area contributed by atoms with Gasteiger partial charge in [0, 0.05) is 12.4 Å². The average molecular weight is 370 g/mol. The summed E-state index contributed by atoms with van der Waals surface area (Å²) in [6, 6.07) is 9.46. The van der Waals surface area contributed by atoms with Crippen molar-refractivity contribution >= 4 is 11.6 Å². The van der Waals surface area contributed by atoms with Gasteiger partial charge in [-0.1, -0.05) is 30.3 Å². The Morgan fingerprint density at radius 1 is 1.28 bits per heavy atom. The molecule has 5 atom stereocenters. The van der Waals surface area contributed by atoms with Crippen molar-refractivity contribution in [2.45, 2.75) is 62.9 Å². The van der Waals surface area contributed by atoms with E-state index in [1.165, 1.54) is 0 Å². The average Bonchev–Trinajstić information content (AvgIpc) is 3.06. The Kier molecular flexibility index (Phi) is 6.03. The number of ether oxygens (including phenoxy) is 2. The summed E-state index contributed by atoms with van der Waals surface area (Å²) >= 11 is 5.81. The highest BCUT2D eigenvalue weighted by Crippen LogP contribution is 2.41. The lowest BCUT2D eigenvalue weighted by Gasteiger charge is -2.37. The van der Waals surface area contributed by atoms with Crippen LogP contribution in [-0.4, -0.2) is 64.3 Å². The third kappa shape index (κ3) is 4.02. The number of benzene rings is 1. The molecular formula is C19H28ClNO4. The molecule has 3 rings (SSSR count). The molecule has 6 heteroatoms. The maximum atomic E-state index is 10.8. The Labute approximate surface area is 154 Å². The first kappa shape index (κ1) is 19.1. The molecule has 0 aromatic heterocycles. The monoisotopic (exact) mass is 369 g/mol. The van der Waals surface area contributed by atoms with Crippen molar-refractivity contribution in [1.82, 2.24) is 4.90 Å². The first-order valence-electron chi connectivity index (χ1n) is 8.98. The molecule has 0 spiro atoms. The number of nitrogens with zero attached hydrogens (tertiary/aromatic N) is 1. The summed E-state index contributed by atoms with van der Waals surface area (Å²) in [5, 5.41) is 20.9. The van der Waals surface area contributed by atoms with E-state index in [2.05, 4.69) is 4.90 Å². The van der Waals surface area contributed by atoms with Gasteiger partial charge in [-0.05, 0) is 32.3 Å². The van der Waals surface area contributed by atoms with Crippen LogP contribution in [0.1, 0.15) is 38.3 Å². The van der Waals surface area contributed by atoms with Crippen LogP contribution in [0, 0.1) is 0 Å². The largest absolute Gasteiger partial charge is 0.394 e. The van der Waals surface area contributed by atoms with Crippen molar-refractivity contribution in [3.63, 3.8) is 0 Å². The number of hydrogen-bond acceptors (Lipinski definition) is 5. The zero-order valence-electron chi connectivity index (χ0n) is 14.8. The van der Waals surface area contributed by atoms with E-state index in [0.29, 0.717) is 18.8 Å². The summed E-state index contributed by atoms with van der Waals surface area (Å²) in [5.41, 5.74) is 1.03. The van der Waals surface area contributed by atoms with Crippen molar-refractivity contribution in [3.05, 3.63) is 35.9 Å². The molecule has 1 aromatic carbocycles. The van der Waals surface area contributed by atoms with E-state index in [0.717, 1.165) is 12.0 Å². The van der Waals surface area contributed by atoms with Crippen LogP contribution < -0.4 is 0 Å². The summed E-state index contributed by atoms with van der Waals surface area (Å²) in [6.07, 6.45) is 0.444. The fourth-order valence-corrected chi connectivity index (χ4v) is 4.28. The van der Waals surface area contributed by atoms with Gasteiger partial charge in [-0.3, -0.25) is 4.90 Å². The highest BCUT2D eigenvalue weighted by atomic mass is 35.5. The molecule has 0 unspecified atom stereocenters. The Morgan fingerprint density at radius 3 is 2.64 bits per heavy atom. The van der Waals surface area contributed by atoms with Gasteiger partial charge in [-0.2, -0.15) is 0 Å². The Morgan fingerprint density at radius 2 is 2.00 bits per heavy atom. The molecule has 2 saturated heterocycles. The van der Waals surface area contributed by atoms with Crippen molar-refractivity contribution in [1.29, 1.82) is 0 Å². The van der Waals surface area contributed by atoms with Gasteiger partial charge in [-0.25, -0.2) is 0 Å². The molecule has 25 heavy (non-hydrogen) atoms. The third-order valence-electron chi connectivity index (χ3n) is 5.12. The number of hydrogen-bond donors (Lipinski definition) is 2. The minimum atomic E-state index is -0.645. The Balaban J connectivity index is 1.86. The van der Waals surface area contributed by atoms with Gasteiger partial charge in [-0.15, -0.1) is 11.6 Å². The maximum Gasteiger partial charge on any atom is 0.163 e. The number of rotatable bonds is 7. The van der Waals surface area contributed by atoms with E-state index in [-0.39, 0.29) is 30.9 Å². The van der Waals surface area contributed by atoms with Crippen LogP contribution in [0.15, 0.2) is 30.3 Å². The van der Waals surface area contributed by atoms with Crippen LogP contribution in [0.3, 0.4) is 0 Å². The first-order chi connectivity index (χ1) is 12.0. The zero-order valence-corrected chi connectivity index (χ0v) is 15.6. The summed E-state index contributed by atoms with van der Waals surface area (Å²) in [5.74, 6) is -0.129. The molecule has 1 aromatic rings. The lowest BCUT2D eigenvalue weighted by atomic mass is 9.98. The van der Waals surface area contributed by atoms with Gasteiger partial charge < -0.3 is 19.7 Å². The molecule has 0 radical (unpaired) electrons. The van der Waals surface area contributed by atoms with E-state index in [4.69, 9.17) is 21.1 Å². The molecule has 2 N–H and O–H groups in total. The van der Waals surface area contributed by atoms with Gasteiger partial charge >= 0.3 is 0 Å².